The number of benzene rings is 1. The van der Waals surface area contributed by atoms with Gasteiger partial charge in [-0.05, 0) is 50.7 Å². The molecule has 0 heterocycles. The Morgan fingerprint density at radius 2 is 1.58 bits per heavy atom. The Morgan fingerprint density at radius 3 is 2.08 bits per heavy atom. The van der Waals surface area contributed by atoms with Gasteiger partial charge in [-0.1, -0.05) is 25.7 Å². The van der Waals surface area contributed by atoms with Gasteiger partial charge in [-0.25, -0.2) is 0 Å². The Labute approximate surface area is 154 Å². The number of nitro benzene ring substituents is 1. The predicted molar refractivity (Wildman–Crippen MR) is 100 cm³/mol. The highest BCUT2D eigenvalue weighted by molar-refractivity contribution is 5.96. The SMILES string of the molecule is O=C(c1ccc(NC2CC2)c([N+](=O)[O-])c1)N(C1CCCC1)C1CCCC1. The monoisotopic (exact) mass is 357 g/mol. The maximum atomic E-state index is 13.3. The van der Waals surface area contributed by atoms with Gasteiger partial charge in [-0.15, -0.1) is 0 Å². The standard InChI is InChI=1S/C20H27N3O3/c24-20(22(16-5-1-2-6-16)17-7-3-4-8-17)14-9-12-18(21-15-10-11-15)19(13-14)23(25)26/h9,12-13,15-17,21H,1-8,10-11H2. The predicted octanol–water partition coefficient (Wildman–Crippen LogP) is 4.50. The zero-order valence-electron chi connectivity index (χ0n) is 15.2. The van der Waals surface area contributed by atoms with Crippen LogP contribution in [0.3, 0.4) is 0 Å². The summed E-state index contributed by atoms with van der Waals surface area (Å²) in [6, 6.07) is 5.89. The van der Waals surface area contributed by atoms with E-state index >= 15 is 0 Å². The third-order valence-corrected chi connectivity index (χ3v) is 6.05. The second kappa shape index (κ2) is 7.25. The number of nitro groups is 1. The van der Waals surface area contributed by atoms with Crippen molar-refractivity contribution in [2.24, 2.45) is 0 Å². The zero-order valence-corrected chi connectivity index (χ0v) is 15.2. The summed E-state index contributed by atoms with van der Waals surface area (Å²) < 4.78 is 0. The van der Waals surface area contributed by atoms with Crippen molar-refractivity contribution >= 4 is 17.3 Å². The Morgan fingerprint density at radius 1 is 1.00 bits per heavy atom. The minimum absolute atomic E-state index is 0.0144. The minimum Gasteiger partial charge on any atom is -0.377 e. The van der Waals surface area contributed by atoms with Crippen LogP contribution >= 0.6 is 0 Å². The molecule has 3 aliphatic carbocycles. The quantitative estimate of drug-likeness (QED) is 0.601. The Hall–Kier alpha value is -2.11. The zero-order chi connectivity index (χ0) is 18.1. The molecule has 4 rings (SSSR count). The molecule has 3 saturated carbocycles. The molecule has 0 saturated heterocycles. The van der Waals surface area contributed by atoms with Gasteiger partial charge in [-0.2, -0.15) is 0 Å². The smallest absolute Gasteiger partial charge is 0.293 e. The van der Waals surface area contributed by atoms with Crippen molar-refractivity contribution < 1.29 is 9.72 Å². The van der Waals surface area contributed by atoms with Crippen LogP contribution in [0.4, 0.5) is 11.4 Å². The number of carbonyl (C=O) groups excluding carboxylic acids is 1. The molecule has 26 heavy (non-hydrogen) atoms. The molecular formula is C20H27N3O3. The molecular weight excluding hydrogens is 330 g/mol. The lowest BCUT2D eigenvalue weighted by atomic mass is 10.0. The molecule has 1 N–H and O–H groups in total. The number of anilines is 1. The van der Waals surface area contributed by atoms with E-state index in [0.717, 1.165) is 38.5 Å². The van der Waals surface area contributed by atoms with Crippen LogP contribution in [-0.2, 0) is 0 Å². The molecule has 1 amide bonds. The molecule has 6 nitrogen and oxygen atoms in total. The van der Waals surface area contributed by atoms with Crippen LogP contribution in [0.15, 0.2) is 18.2 Å². The van der Waals surface area contributed by atoms with Crippen LogP contribution < -0.4 is 5.32 Å². The first kappa shape index (κ1) is 17.3. The summed E-state index contributed by atoms with van der Waals surface area (Å²) >= 11 is 0. The lowest BCUT2D eigenvalue weighted by Gasteiger charge is -2.34. The summed E-state index contributed by atoms with van der Waals surface area (Å²) in [5, 5.41) is 14.7. The molecule has 0 atom stereocenters. The van der Waals surface area contributed by atoms with E-state index in [4.69, 9.17) is 0 Å². The molecule has 140 valence electrons. The van der Waals surface area contributed by atoms with Gasteiger partial charge in [0, 0.05) is 29.8 Å². The fourth-order valence-electron chi connectivity index (χ4n) is 4.53. The summed E-state index contributed by atoms with van der Waals surface area (Å²) in [6.45, 7) is 0. The molecule has 0 aliphatic heterocycles. The van der Waals surface area contributed by atoms with Gasteiger partial charge in [0.1, 0.15) is 5.69 Å². The van der Waals surface area contributed by atoms with E-state index in [1.165, 1.54) is 31.7 Å². The number of amides is 1. The van der Waals surface area contributed by atoms with Gasteiger partial charge in [-0.3, -0.25) is 14.9 Å². The number of hydrogen-bond acceptors (Lipinski definition) is 4. The average molecular weight is 357 g/mol. The lowest BCUT2D eigenvalue weighted by Crippen LogP contribution is -2.45. The molecule has 3 aliphatic rings. The van der Waals surface area contributed by atoms with Gasteiger partial charge in [0.05, 0.1) is 4.92 Å². The molecule has 0 spiro atoms. The highest BCUT2D eigenvalue weighted by atomic mass is 16.6. The maximum absolute atomic E-state index is 13.3. The first-order valence-corrected chi connectivity index (χ1v) is 10.0. The highest BCUT2D eigenvalue weighted by Crippen LogP contribution is 2.35. The Kier molecular flexibility index (Phi) is 4.83. The Bertz CT molecular complexity index is 674. The van der Waals surface area contributed by atoms with Gasteiger partial charge < -0.3 is 10.2 Å². The highest BCUT2D eigenvalue weighted by Gasteiger charge is 2.35. The topological polar surface area (TPSA) is 75.5 Å². The molecule has 1 aromatic rings. The van der Waals surface area contributed by atoms with Crippen molar-refractivity contribution in [3.63, 3.8) is 0 Å². The molecule has 6 heteroatoms. The molecule has 0 radical (unpaired) electrons. The third kappa shape index (κ3) is 3.55. The fraction of sp³-hybridized carbons (Fsp3) is 0.650. The van der Waals surface area contributed by atoms with Crippen molar-refractivity contribution in [1.82, 2.24) is 4.90 Å². The van der Waals surface area contributed by atoms with Crippen LogP contribution in [0.2, 0.25) is 0 Å². The van der Waals surface area contributed by atoms with Crippen LogP contribution in [0, 0.1) is 10.1 Å². The van der Waals surface area contributed by atoms with Crippen LogP contribution in [0.1, 0.15) is 74.6 Å². The summed E-state index contributed by atoms with van der Waals surface area (Å²) in [5.74, 6) is -0.0233. The molecule has 0 unspecified atom stereocenters. The normalized spacial score (nSPS) is 21.1. The van der Waals surface area contributed by atoms with Crippen molar-refractivity contribution in [3.8, 4) is 0 Å². The maximum Gasteiger partial charge on any atom is 0.293 e. The second-order valence-corrected chi connectivity index (χ2v) is 8.00. The summed E-state index contributed by atoms with van der Waals surface area (Å²) in [5.41, 5.74) is 1.000. The molecule has 3 fully saturated rings. The first-order valence-electron chi connectivity index (χ1n) is 10.0. The first-order chi connectivity index (χ1) is 12.6. The largest absolute Gasteiger partial charge is 0.377 e. The van der Waals surface area contributed by atoms with E-state index in [1.54, 1.807) is 12.1 Å². The number of nitrogens with zero attached hydrogens (tertiary/aromatic N) is 2. The number of hydrogen-bond donors (Lipinski definition) is 1. The van der Waals surface area contributed by atoms with Crippen molar-refractivity contribution in [1.29, 1.82) is 0 Å². The molecule has 0 aromatic heterocycles. The third-order valence-electron chi connectivity index (χ3n) is 6.05. The van der Waals surface area contributed by atoms with Crippen LogP contribution in [-0.4, -0.2) is 33.9 Å². The summed E-state index contributed by atoms with van der Waals surface area (Å²) in [7, 11) is 0. The van der Waals surface area contributed by atoms with Crippen LogP contribution in [0.25, 0.3) is 0 Å². The number of rotatable bonds is 6. The van der Waals surface area contributed by atoms with E-state index < -0.39 is 0 Å². The van der Waals surface area contributed by atoms with E-state index in [1.807, 2.05) is 0 Å². The van der Waals surface area contributed by atoms with Crippen LogP contribution in [0.5, 0.6) is 0 Å². The van der Waals surface area contributed by atoms with Crippen molar-refractivity contribution in [2.75, 3.05) is 5.32 Å². The number of nitrogens with one attached hydrogen (secondary N) is 1. The summed E-state index contributed by atoms with van der Waals surface area (Å²) in [4.78, 5) is 26.5. The van der Waals surface area contributed by atoms with Crippen molar-refractivity contribution in [3.05, 3.63) is 33.9 Å². The Balaban J connectivity index is 1.61. The average Bonchev–Trinajstić information content (AvgIpc) is 3.09. The van der Waals surface area contributed by atoms with Crippen molar-refractivity contribution in [2.45, 2.75) is 82.3 Å². The lowest BCUT2D eigenvalue weighted by molar-refractivity contribution is -0.384. The van der Waals surface area contributed by atoms with Gasteiger partial charge >= 0.3 is 0 Å². The van der Waals surface area contributed by atoms with E-state index in [-0.39, 0.29) is 16.5 Å². The fourth-order valence-corrected chi connectivity index (χ4v) is 4.53. The van der Waals surface area contributed by atoms with E-state index in [2.05, 4.69) is 10.2 Å². The number of carbonyl (C=O) groups is 1. The van der Waals surface area contributed by atoms with Gasteiger partial charge in [0.25, 0.3) is 11.6 Å². The minimum atomic E-state index is -0.378. The molecule has 1 aromatic carbocycles. The van der Waals surface area contributed by atoms with Gasteiger partial charge in [0.2, 0.25) is 0 Å². The van der Waals surface area contributed by atoms with Gasteiger partial charge in [0.15, 0.2) is 0 Å². The molecule has 0 bridgehead atoms. The summed E-state index contributed by atoms with van der Waals surface area (Å²) in [6.07, 6.45) is 11.0. The van der Waals surface area contributed by atoms with E-state index in [0.29, 0.717) is 29.4 Å². The second-order valence-electron chi connectivity index (χ2n) is 8.00. The van der Waals surface area contributed by atoms with E-state index in [9.17, 15) is 14.9 Å².